The summed E-state index contributed by atoms with van der Waals surface area (Å²) in [6, 6.07) is 11.6. The SMILES string of the molecule is Cc1nc2ccc(C(=O)Nc3cnn(Cc4ccc(F)cc4)c3)cc2[nH]1. The Kier molecular flexibility index (Phi) is 3.96. The summed E-state index contributed by atoms with van der Waals surface area (Å²) in [5, 5.41) is 7.05. The van der Waals surface area contributed by atoms with Gasteiger partial charge in [-0.05, 0) is 42.8 Å². The van der Waals surface area contributed by atoms with Crippen molar-refractivity contribution >= 4 is 22.6 Å². The average Bonchev–Trinajstić information content (AvgIpc) is 3.21. The number of rotatable bonds is 4. The number of hydrogen-bond donors (Lipinski definition) is 2. The summed E-state index contributed by atoms with van der Waals surface area (Å²) in [6.07, 6.45) is 3.32. The molecule has 2 heterocycles. The second kappa shape index (κ2) is 6.44. The Balaban J connectivity index is 1.47. The van der Waals surface area contributed by atoms with Crippen LogP contribution in [0.2, 0.25) is 0 Å². The fourth-order valence-corrected chi connectivity index (χ4v) is 2.77. The maximum atomic E-state index is 13.0. The molecule has 0 unspecified atom stereocenters. The quantitative estimate of drug-likeness (QED) is 0.592. The third-order valence-electron chi connectivity index (χ3n) is 4.01. The number of aromatic nitrogens is 4. The van der Waals surface area contributed by atoms with Crippen molar-refractivity contribution < 1.29 is 9.18 Å². The zero-order valence-corrected chi connectivity index (χ0v) is 14.0. The van der Waals surface area contributed by atoms with Gasteiger partial charge in [-0.2, -0.15) is 5.10 Å². The first-order chi connectivity index (χ1) is 12.6. The van der Waals surface area contributed by atoms with Gasteiger partial charge in [0.05, 0.1) is 29.5 Å². The summed E-state index contributed by atoms with van der Waals surface area (Å²) in [5.74, 6) is 0.312. The third kappa shape index (κ3) is 3.32. The normalized spacial score (nSPS) is 11.0. The summed E-state index contributed by atoms with van der Waals surface area (Å²) in [7, 11) is 0. The van der Waals surface area contributed by atoms with Crippen LogP contribution in [0.15, 0.2) is 54.9 Å². The summed E-state index contributed by atoms with van der Waals surface area (Å²) >= 11 is 0. The lowest BCUT2D eigenvalue weighted by Crippen LogP contribution is -2.11. The Hall–Kier alpha value is -3.48. The van der Waals surface area contributed by atoms with E-state index in [-0.39, 0.29) is 11.7 Å². The van der Waals surface area contributed by atoms with Crippen LogP contribution in [0.4, 0.5) is 10.1 Å². The van der Waals surface area contributed by atoms with Crippen molar-refractivity contribution in [3.8, 4) is 0 Å². The number of carbonyl (C=O) groups excluding carboxylic acids is 1. The summed E-state index contributed by atoms with van der Waals surface area (Å²) in [5.41, 5.74) is 3.70. The zero-order chi connectivity index (χ0) is 18.1. The molecular formula is C19H16FN5O. The molecule has 0 saturated heterocycles. The molecule has 7 heteroatoms. The van der Waals surface area contributed by atoms with Crippen molar-refractivity contribution in [2.45, 2.75) is 13.5 Å². The smallest absolute Gasteiger partial charge is 0.255 e. The van der Waals surface area contributed by atoms with Gasteiger partial charge in [0.1, 0.15) is 11.6 Å². The minimum absolute atomic E-state index is 0.222. The molecule has 0 spiro atoms. The van der Waals surface area contributed by atoms with Crippen molar-refractivity contribution in [3.63, 3.8) is 0 Å². The fourth-order valence-electron chi connectivity index (χ4n) is 2.77. The van der Waals surface area contributed by atoms with E-state index in [9.17, 15) is 9.18 Å². The molecule has 0 aliphatic carbocycles. The monoisotopic (exact) mass is 349 g/mol. The van der Waals surface area contributed by atoms with E-state index in [0.717, 1.165) is 22.4 Å². The number of fused-ring (bicyclic) bond motifs is 1. The van der Waals surface area contributed by atoms with Crippen molar-refractivity contribution in [2.24, 2.45) is 0 Å². The van der Waals surface area contributed by atoms with Gasteiger partial charge in [-0.3, -0.25) is 9.48 Å². The molecule has 1 amide bonds. The van der Waals surface area contributed by atoms with Gasteiger partial charge >= 0.3 is 0 Å². The molecule has 0 radical (unpaired) electrons. The standard InChI is InChI=1S/C19H16FN5O/c1-12-22-17-7-4-14(8-18(17)23-12)19(26)24-16-9-21-25(11-16)10-13-2-5-15(20)6-3-13/h2-9,11H,10H2,1H3,(H,22,23)(H,24,26). The third-order valence-corrected chi connectivity index (χ3v) is 4.01. The fraction of sp³-hybridized carbons (Fsp3) is 0.105. The van der Waals surface area contributed by atoms with Crippen molar-refractivity contribution in [3.05, 3.63) is 77.6 Å². The van der Waals surface area contributed by atoms with Gasteiger partial charge in [0, 0.05) is 11.8 Å². The average molecular weight is 349 g/mol. The molecule has 4 aromatic rings. The van der Waals surface area contributed by atoms with E-state index < -0.39 is 0 Å². The summed E-state index contributed by atoms with van der Waals surface area (Å²) in [4.78, 5) is 19.9. The van der Waals surface area contributed by atoms with Crippen molar-refractivity contribution in [1.29, 1.82) is 0 Å². The minimum atomic E-state index is -0.272. The van der Waals surface area contributed by atoms with Crippen LogP contribution >= 0.6 is 0 Å². The molecule has 0 fully saturated rings. The molecule has 6 nitrogen and oxygen atoms in total. The van der Waals surface area contributed by atoms with Gasteiger partial charge in [-0.1, -0.05) is 12.1 Å². The van der Waals surface area contributed by atoms with Gasteiger partial charge < -0.3 is 10.3 Å². The van der Waals surface area contributed by atoms with Gasteiger partial charge in [0.15, 0.2) is 0 Å². The number of nitrogens with zero attached hydrogens (tertiary/aromatic N) is 3. The number of anilines is 1. The molecular weight excluding hydrogens is 333 g/mol. The first-order valence-corrected chi connectivity index (χ1v) is 8.11. The number of aryl methyl sites for hydroxylation is 1. The Morgan fingerprint density at radius 3 is 2.85 bits per heavy atom. The predicted octanol–water partition coefficient (Wildman–Crippen LogP) is 3.51. The number of amides is 1. The largest absolute Gasteiger partial charge is 0.342 e. The Labute approximate surface area is 148 Å². The van der Waals surface area contributed by atoms with E-state index in [1.54, 1.807) is 41.3 Å². The number of halogens is 1. The van der Waals surface area contributed by atoms with Gasteiger partial charge in [-0.15, -0.1) is 0 Å². The Bertz CT molecular complexity index is 1080. The number of hydrogen-bond acceptors (Lipinski definition) is 3. The number of carbonyl (C=O) groups is 1. The summed E-state index contributed by atoms with van der Waals surface area (Å²) < 4.78 is 14.6. The maximum absolute atomic E-state index is 13.0. The lowest BCUT2D eigenvalue weighted by molar-refractivity contribution is 0.102. The van der Waals surface area contributed by atoms with Crippen LogP contribution in [0.3, 0.4) is 0 Å². The Morgan fingerprint density at radius 1 is 1.23 bits per heavy atom. The molecule has 2 aromatic carbocycles. The van der Waals surface area contributed by atoms with Gasteiger partial charge in [0.25, 0.3) is 5.91 Å². The maximum Gasteiger partial charge on any atom is 0.255 e. The lowest BCUT2D eigenvalue weighted by atomic mass is 10.2. The molecule has 4 rings (SSSR count). The van der Waals surface area contributed by atoms with Crippen molar-refractivity contribution in [1.82, 2.24) is 19.7 Å². The highest BCUT2D eigenvalue weighted by atomic mass is 19.1. The molecule has 0 aliphatic heterocycles. The second-order valence-electron chi connectivity index (χ2n) is 6.06. The van der Waals surface area contributed by atoms with E-state index in [2.05, 4.69) is 20.4 Å². The number of imidazole rings is 1. The second-order valence-corrected chi connectivity index (χ2v) is 6.06. The van der Waals surface area contributed by atoms with Crippen LogP contribution in [0, 0.1) is 12.7 Å². The van der Waals surface area contributed by atoms with E-state index in [4.69, 9.17) is 0 Å². The molecule has 0 aliphatic rings. The Morgan fingerprint density at radius 2 is 2.04 bits per heavy atom. The van der Waals surface area contributed by atoms with E-state index >= 15 is 0 Å². The molecule has 2 N–H and O–H groups in total. The molecule has 26 heavy (non-hydrogen) atoms. The highest BCUT2D eigenvalue weighted by Gasteiger charge is 2.10. The number of nitrogens with one attached hydrogen (secondary N) is 2. The molecule has 2 aromatic heterocycles. The van der Waals surface area contributed by atoms with E-state index in [0.29, 0.717) is 17.8 Å². The van der Waals surface area contributed by atoms with Crippen LogP contribution in [-0.2, 0) is 6.54 Å². The molecule has 130 valence electrons. The van der Waals surface area contributed by atoms with Crippen LogP contribution in [-0.4, -0.2) is 25.7 Å². The highest BCUT2D eigenvalue weighted by Crippen LogP contribution is 2.15. The van der Waals surface area contributed by atoms with Crippen LogP contribution in [0.5, 0.6) is 0 Å². The first kappa shape index (κ1) is 16.0. The van der Waals surface area contributed by atoms with Crippen LogP contribution < -0.4 is 5.32 Å². The number of benzene rings is 2. The summed E-state index contributed by atoms with van der Waals surface area (Å²) in [6.45, 7) is 2.37. The van der Waals surface area contributed by atoms with Gasteiger partial charge in [-0.25, -0.2) is 9.37 Å². The van der Waals surface area contributed by atoms with Gasteiger partial charge in [0.2, 0.25) is 0 Å². The highest BCUT2D eigenvalue weighted by molar-refractivity contribution is 6.05. The molecule has 0 bridgehead atoms. The molecule has 0 atom stereocenters. The topological polar surface area (TPSA) is 75.6 Å². The zero-order valence-electron chi connectivity index (χ0n) is 14.0. The molecule has 0 saturated carbocycles. The minimum Gasteiger partial charge on any atom is -0.342 e. The predicted molar refractivity (Wildman–Crippen MR) is 96.5 cm³/mol. The van der Waals surface area contributed by atoms with E-state index in [1.807, 2.05) is 13.0 Å². The number of H-pyrrole nitrogens is 1. The van der Waals surface area contributed by atoms with Crippen molar-refractivity contribution in [2.75, 3.05) is 5.32 Å². The van der Waals surface area contributed by atoms with Crippen LogP contribution in [0.25, 0.3) is 11.0 Å². The van der Waals surface area contributed by atoms with E-state index in [1.165, 1.54) is 12.1 Å². The lowest BCUT2D eigenvalue weighted by Gasteiger charge is -2.03. The number of aromatic amines is 1. The van der Waals surface area contributed by atoms with Crippen LogP contribution in [0.1, 0.15) is 21.7 Å². The first-order valence-electron chi connectivity index (χ1n) is 8.11.